The number of amides is 1. The summed E-state index contributed by atoms with van der Waals surface area (Å²) in [6.45, 7) is 5.75. The number of carbonyl (C=O) groups excluding carboxylic acids is 2. The molecule has 0 unspecified atom stereocenters. The van der Waals surface area contributed by atoms with Gasteiger partial charge < -0.3 is 16.2 Å². The van der Waals surface area contributed by atoms with E-state index in [4.69, 9.17) is 11.5 Å². The summed E-state index contributed by atoms with van der Waals surface area (Å²) in [7, 11) is 0. The Hall–Kier alpha value is -3.86. The largest absolute Gasteiger partial charge is 0.444 e. The number of ether oxygens (including phenoxy) is 1. The minimum absolute atomic E-state index is 0.453. The first-order valence-corrected chi connectivity index (χ1v) is 8.80. The highest BCUT2D eigenvalue weighted by molar-refractivity contribution is 5.93. The monoisotopic (exact) mass is 414 g/mol. The maximum Gasteiger partial charge on any atom is 0.405 e. The molecule has 0 spiro atoms. The Morgan fingerprint density at radius 1 is 1.00 bits per heavy atom. The number of aldehydes is 1. The van der Waals surface area contributed by atoms with Crippen LogP contribution >= 0.6 is 0 Å². The van der Waals surface area contributed by atoms with Crippen molar-refractivity contribution >= 4 is 34.4 Å². The average Bonchev–Trinajstić information content (AvgIpc) is 3.35. The quantitative estimate of drug-likeness (QED) is 0.464. The Kier molecular flexibility index (Phi) is 7.53. The molecule has 0 bridgehead atoms. The third-order valence-electron chi connectivity index (χ3n) is 3.44. The molecule has 0 aliphatic heterocycles. The molecule has 0 saturated carbocycles. The fourth-order valence-corrected chi connectivity index (χ4v) is 2.25. The highest BCUT2D eigenvalue weighted by Crippen LogP contribution is 2.13. The van der Waals surface area contributed by atoms with Crippen molar-refractivity contribution in [1.82, 2.24) is 20.6 Å². The first-order chi connectivity index (χ1) is 14.2. The van der Waals surface area contributed by atoms with Crippen LogP contribution in [0, 0.1) is 0 Å². The van der Waals surface area contributed by atoms with Gasteiger partial charge in [-0.25, -0.2) is 14.1 Å². The lowest BCUT2D eigenvalue weighted by atomic mass is 10.2. The van der Waals surface area contributed by atoms with E-state index in [0.717, 1.165) is 22.9 Å². The molecule has 0 radical (unpaired) electrons. The van der Waals surface area contributed by atoms with Gasteiger partial charge in [-0.1, -0.05) is 18.2 Å². The number of nitrogens with zero attached hydrogens (tertiary/aromatic N) is 4. The van der Waals surface area contributed by atoms with Gasteiger partial charge in [0.1, 0.15) is 27.7 Å². The van der Waals surface area contributed by atoms with Crippen molar-refractivity contribution < 1.29 is 23.6 Å². The van der Waals surface area contributed by atoms with Crippen LogP contribution in [0.1, 0.15) is 36.7 Å². The molecule has 2 heterocycles. The predicted molar refractivity (Wildman–Crippen MR) is 107 cm³/mol. The Labute approximate surface area is 171 Å². The third-order valence-corrected chi connectivity index (χ3v) is 3.44. The van der Waals surface area contributed by atoms with Gasteiger partial charge in [0.15, 0.2) is 6.29 Å². The number of rotatable bonds is 2. The topological polar surface area (TPSA) is 173 Å². The van der Waals surface area contributed by atoms with E-state index in [0.29, 0.717) is 23.1 Å². The van der Waals surface area contributed by atoms with Crippen molar-refractivity contribution in [2.45, 2.75) is 32.9 Å². The van der Waals surface area contributed by atoms with E-state index in [1.165, 1.54) is 0 Å². The van der Waals surface area contributed by atoms with Gasteiger partial charge in [0.05, 0.1) is 0 Å². The molecule has 11 heteroatoms. The van der Waals surface area contributed by atoms with Crippen LogP contribution in [0.2, 0.25) is 0 Å². The molecule has 2 aromatic carbocycles. The molecule has 0 fully saturated rings. The molecule has 2 aromatic heterocycles. The summed E-state index contributed by atoms with van der Waals surface area (Å²) in [4.78, 5) is 20.4. The lowest BCUT2D eigenvalue weighted by Gasteiger charge is -2.16. The maximum atomic E-state index is 10.4. The van der Waals surface area contributed by atoms with Crippen molar-refractivity contribution in [1.29, 1.82) is 0 Å². The fourth-order valence-electron chi connectivity index (χ4n) is 2.25. The summed E-state index contributed by atoms with van der Waals surface area (Å²) in [6, 6.07) is 10.8. The first-order valence-electron chi connectivity index (χ1n) is 8.80. The summed E-state index contributed by atoms with van der Waals surface area (Å²) in [5.74, 6) is 0. The Morgan fingerprint density at radius 3 is 2.07 bits per heavy atom. The number of hydrogen-bond donors (Lipinski definition) is 2. The highest BCUT2D eigenvalue weighted by atomic mass is 16.6. The second-order valence-electron chi connectivity index (χ2n) is 6.88. The molecular formula is C19H22N6O5. The normalized spacial score (nSPS) is 10.5. The Morgan fingerprint density at radius 2 is 1.57 bits per heavy atom. The third kappa shape index (κ3) is 6.34. The fraction of sp³-hybridized carbons (Fsp3) is 0.263. The van der Waals surface area contributed by atoms with Gasteiger partial charge in [0.25, 0.3) is 0 Å². The number of primary amides is 1. The van der Waals surface area contributed by atoms with Gasteiger partial charge in [0, 0.05) is 12.1 Å². The van der Waals surface area contributed by atoms with Crippen LogP contribution in [0.4, 0.5) is 4.79 Å². The summed E-state index contributed by atoms with van der Waals surface area (Å²) >= 11 is 0. The van der Waals surface area contributed by atoms with Crippen molar-refractivity contribution in [2.24, 2.45) is 11.5 Å². The number of fused-ring (bicyclic) bond motifs is 2. The van der Waals surface area contributed by atoms with Crippen LogP contribution in [0.5, 0.6) is 0 Å². The zero-order valence-corrected chi connectivity index (χ0v) is 16.7. The Bertz CT molecular complexity index is 1120. The van der Waals surface area contributed by atoms with Crippen LogP contribution in [0.15, 0.2) is 45.7 Å². The van der Waals surface area contributed by atoms with Crippen molar-refractivity contribution in [3.05, 3.63) is 47.5 Å². The molecule has 4 aromatic rings. The van der Waals surface area contributed by atoms with Crippen LogP contribution in [0.3, 0.4) is 0 Å². The van der Waals surface area contributed by atoms with Crippen molar-refractivity contribution in [3.8, 4) is 0 Å². The van der Waals surface area contributed by atoms with Gasteiger partial charge in [-0.15, -0.1) is 0 Å². The molecule has 0 aliphatic rings. The molecule has 1 amide bonds. The highest BCUT2D eigenvalue weighted by Gasteiger charge is 2.12. The molecule has 158 valence electrons. The van der Waals surface area contributed by atoms with Gasteiger partial charge in [-0.2, -0.15) is 0 Å². The van der Waals surface area contributed by atoms with E-state index < -0.39 is 11.7 Å². The summed E-state index contributed by atoms with van der Waals surface area (Å²) in [5.41, 5.74) is 13.8. The number of hydrogen-bond acceptors (Lipinski definition) is 10. The van der Waals surface area contributed by atoms with Crippen molar-refractivity contribution in [3.63, 3.8) is 0 Å². The van der Waals surface area contributed by atoms with Gasteiger partial charge in [0.2, 0.25) is 0 Å². The number of carbonyl (C=O) groups is 2. The first kappa shape index (κ1) is 22.4. The van der Waals surface area contributed by atoms with E-state index in [1.807, 2.05) is 18.2 Å². The SMILES string of the molecule is CC(C)(C)OC(N)=O.NCc1cccc2nonc12.O=Cc1cccc2nonc12. The second-order valence-corrected chi connectivity index (χ2v) is 6.88. The lowest BCUT2D eigenvalue weighted by Crippen LogP contribution is -2.27. The second kappa shape index (κ2) is 10.1. The minimum Gasteiger partial charge on any atom is -0.444 e. The molecular weight excluding hydrogens is 392 g/mol. The van der Waals surface area contributed by atoms with E-state index in [2.05, 4.69) is 34.6 Å². The van der Waals surface area contributed by atoms with E-state index in [1.54, 1.807) is 39.0 Å². The standard InChI is InChI=1S/C7H7N3O.C7H4N2O2.C5H11NO2/c8-4-5-2-1-3-6-7(5)10-11-9-6;10-4-5-2-1-3-6-7(5)9-11-8-6;1-5(2,3)8-4(6)7/h1-3H,4,8H2;1-4H;1-3H3,(H2,6,7). The number of benzene rings is 2. The zero-order chi connectivity index (χ0) is 22.1. The van der Waals surface area contributed by atoms with Crippen LogP contribution in [-0.2, 0) is 11.3 Å². The van der Waals surface area contributed by atoms with E-state index in [9.17, 15) is 9.59 Å². The van der Waals surface area contributed by atoms with Crippen LogP contribution in [0.25, 0.3) is 22.1 Å². The predicted octanol–water partition coefficient (Wildman–Crippen LogP) is 2.60. The van der Waals surface area contributed by atoms with Crippen LogP contribution < -0.4 is 11.5 Å². The van der Waals surface area contributed by atoms with Gasteiger partial charge >= 0.3 is 6.09 Å². The number of nitrogens with two attached hydrogens (primary N) is 2. The lowest BCUT2D eigenvalue weighted by molar-refractivity contribution is 0.0600. The van der Waals surface area contributed by atoms with Crippen molar-refractivity contribution in [2.75, 3.05) is 0 Å². The smallest absolute Gasteiger partial charge is 0.405 e. The van der Waals surface area contributed by atoms with Crippen LogP contribution in [-0.4, -0.2) is 38.6 Å². The van der Waals surface area contributed by atoms with E-state index in [-0.39, 0.29) is 0 Å². The zero-order valence-electron chi connectivity index (χ0n) is 16.7. The molecule has 0 atom stereocenters. The maximum absolute atomic E-state index is 10.4. The average molecular weight is 414 g/mol. The summed E-state index contributed by atoms with van der Waals surface area (Å²) in [5, 5.41) is 14.6. The molecule has 0 saturated heterocycles. The minimum atomic E-state index is -0.725. The summed E-state index contributed by atoms with van der Waals surface area (Å²) < 4.78 is 13.6. The molecule has 11 nitrogen and oxygen atoms in total. The molecule has 4 N–H and O–H groups in total. The number of aromatic nitrogens is 4. The van der Waals surface area contributed by atoms with E-state index >= 15 is 0 Å². The van der Waals surface area contributed by atoms with Gasteiger partial charge in [-0.3, -0.25) is 4.79 Å². The molecule has 30 heavy (non-hydrogen) atoms. The van der Waals surface area contributed by atoms with Gasteiger partial charge in [-0.05, 0) is 65.2 Å². The molecule has 4 rings (SSSR count). The summed E-state index contributed by atoms with van der Waals surface area (Å²) in [6.07, 6.45) is 0.00417. The molecule has 0 aliphatic carbocycles. The Balaban J connectivity index is 0.000000163.